The highest BCUT2D eigenvalue weighted by molar-refractivity contribution is 7.18. The van der Waals surface area contributed by atoms with E-state index >= 15 is 0 Å². The first-order valence-electron chi connectivity index (χ1n) is 7.07. The number of thiazole rings is 1. The summed E-state index contributed by atoms with van der Waals surface area (Å²) in [4.78, 5) is 4.65. The van der Waals surface area contributed by atoms with Crippen molar-refractivity contribution in [1.29, 1.82) is 0 Å². The number of fused-ring (bicyclic) bond motifs is 3. The van der Waals surface area contributed by atoms with Gasteiger partial charge in [0.1, 0.15) is 5.82 Å². The lowest BCUT2D eigenvalue weighted by atomic mass is 9.90. The van der Waals surface area contributed by atoms with E-state index in [1.165, 1.54) is 36.8 Å². The molecule has 0 spiro atoms. The van der Waals surface area contributed by atoms with Gasteiger partial charge in [-0.05, 0) is 49.8 Å². The Morgan fingerprint density at radius 2 is 2.05 bits per heavy atom. The summed E-state index contributed by atoms with van der Waals surface area (Å²) in [5, 5.41) is 4.85. The van der Waals surface area contributed by atoms with Crippen molar-refractivity contribution in [2.24, 2.45) is 5.92 Å². The average molecular weight is 276 g/mol. The van der Waals surface area contributed by atoms with Crippen molar-refractivity contribution in [3.8, 4) is 0 Å². The Morgan fingerprint density at radius 3 is 2.84 bits per heavy atom. The van der Waals surface area contributed by atoms with Crippen molar-refractivity contribution < 1.29 is 4.39 Å². The van der Waals surface area contributed by atoms with Crippen LogP contribution in [-0.2, 0) is 6.42 Å². The van der Waals surface area contributed by atoms with Gasteiger partial charge in [-0.2, -0.15) is 0 Å². The Balaban J connectivity index is 1.54. The van der Waals surface area contributed by atoms with Gasteiger partial charge in [-0.3, -0.25) is 0 Å². The second kappa shape index (κ2) is 4.53. The van der Waals surface area contributed by atoms with Crippen LogP contribution < -0.4 is 5.32 Å². The van der Waals surface area contributed by atoms with Crippen molar-refractivity contribution in [3.63, 3.8) is 0 Å². The van der Waals surface area contributed by atoms with Crippen molar-refractivity contribution in [3.05, 3.63) is 29.0 Å². The van der Waals surface area contributed by atoms with Gasteiger partial charge in [0.2, 0.25) is 0 Å². The Kier molecular flexibility index (Phi) is 2.81. The zero-order valence-corrected chi connectivity index (χ0v) is 11.5. The van der Waals surface area contributed by atoms with Crippen LogP contribution in [0, 0.1) is 11.7 Å². The molecule has 2 bridgehead atoms. The zero-order valence-electron chi connectivity index (χ0n) is 10.7. The summed E-state index contributed by atoms with van der Waals surface area (Å²) in [7, 11) is 0. The van der Waals surface area contributed by atoms with Crippen LogP contribution in [0.3, 0.4) is 0 Å². The Morgan fingerprint density at radius 1 is 1.26 bits per heavy atom. The molecule has 0 amide bonds. The number of nitrogens with one attached hydrogen (secondary N) is 1. The van der Waals surface area contributed by atoms with Crippen LogP contribution in [0.15, 0.2) is 18.2 Å². The van der Waals surface area contributed by atoms with Crippen molar-refractivity contribution >= 4 is 21.6 Å². The number of nitrogens with zero attached hydrogens (tertiary/aromatic N) is 1. The van der Waals surface area contributed by atoms with E-state index in [1.807, 2.05) is 0 Å². The van der Waals surface area contributed by atoms with E-state index in [0.717, 1.165) is 34.6 Å². The summed E-state index contributed by atoms with van der Waals surface area (Å²) < 4.78 is 14.2. The molecule has 3 heterocycles. The van der Waals surface area contributed by atoms with Crippen molar-refractivity contribution in [2.45, 2.75) is 44.2 Å². The van der Waals surface area contributed by atoms with Gasteiger partial charge in [0.25, 0.3) is 0 Å². The topological polar surface area (TPSA) is 24.9 Å². The molecule has 1 aromatic carbocycles. The number of hydrogen-bond donors (Lipinski definition) is 1. The molecule has 2 aliphatic heterocycles. The number of hydrogen-bond acceptors (Lipinski definition) is 3. The van der Waals surface area contributed by atoms with Gasteiger partial charge in [0.15, 0.2) is 0 Å². The molecule has 2 saturated heterocycles. The third-order valence-electron chi connectivity index (χ3n) is 4.43. The maximum absolute atomic E-state index is 13.2. The molecule has 0 saturated carbocycles. The van der Waals surface area contributed by atoms with Crippen LogP contribution in [0.25, 0.3) is 10.2 Å². The third kappa shape index (κ3) is 2.28. The van der Waals surface area contributed by atoms with E-state index in [2.05, 4.69) is 10.3 Å². The van der Waals surface area contributed by atoms with Crippen LogP contribution in [0.5, 0.6) is 0 Å². The lowest BCUT2D eigenvalue weighted by Crippen LogP contribution is -2.38. The van der Waals surface area contributed by atoms with E-state index in [9.17, 15) is 4.39 Å². The number of halogens is 1. The van der Waals surface area contributed by atoms with Crippen molar-refractivity contribution in [1.82, 2.24) is 10.3 Å². The SMILES string of the molecule is Fc1ccc2nc(CC3CC4CCC(C3)N4)sc2c1. The highest BCUT2D eigenvalue weighted by Crippen LogP contribution is 2.34. The lowest BCUT2D eigenvalue weighted by Gasteiger charge is -2.28. The van der Waals surface area contributed by atoms with Gasteiger partial charge in [0, 0.05) is 18.5 Å². The Bertz CT molecular complexity index is 597. The molecule has 0 aliphatic carbocycles. The fraction of sp³-hybridized carbons (Fsp3) is 0.533. The molecule has 2 nitrogen and oxygen atoms in total. The molecule has 100 valence electrons. The van der Waals surface area contributed by atoms with Crippen LogP contribution >= 0.6 is 11.3 Å². The molecule has 2 aliphatic rings. The maximum Gasteiger partial charge on any atom is 0.124 e. The Hall–Kier alpha value is -1.00. The average Bonchev–Trinajstić information content (AvgIpc) is 2.92. The number of benzene rings is 1. The van der Waals surface area contributed by atoms with E-state index in [4.69, 9.17) is 0 Å². The molecule has 2 fully saturated rings. The zero-order chi connectivity index (χ0) is 12.8. The second-order valence-electron chi connectivity index (χ2n) is 5.90. The number of aromatic nitrogens is 1. The normalized spacial score (nSPS) is 30.1. The minimum Gasteiger partial charge on any atom is -0.311 e. The minimum absolute atomic E-state index is 0.164. The second-order valence-corrected chi connectivity index (χ2v) is 7.01. The molecular formula is C15H17FN2S. The molecule has 2 aromatic rings. The molecule has 19 heavy (non-hydrogen) atoms. The molecule has 1 aromatic heterocycles. The van der Waals surface area contributed by atoms with E-state index < -0.39 is 0 Å². The fourth-order valence-corrected chi connectivity index (χ4v) is 4.73. The number of rotatable bonds is 2. The first kappa shape index (κ1) is 11.8. The molecule has 1 N–H and O–H groups in total. The largest absolute Gasteiger partial charge is 0.311 e. The molecular weight excluding hydrogens is 259 g/mol. The van der Waals surface area contributed by atoms with Gasteiger partial charge in [-0.25, -0.2) is 9.37 Å². The molecule has 4 rings (SSSR count). The lowest BCUT2D eigenvalue weighted by molar-refractivity contribution is 0.298. The van der Waals surface area contributed by atoms with Crippen LogP contribution in [0.4, 0.5) is 4.39 Å². The highest BCUT2D eigenvalue weighted by Gasteiger charge is 2.33. The highest BCUT2D eigenvalue weighted by atomic mass is 32.1. The summed E-state index contributed by atoms with van der Waals surface area (Å²) in [6.07, 6.45) is 6.30. The van der Waals surface area contributed by atoms with Crippen LogP contribution in [0.2, 0.25) is 0 Å². The molecule has 2 atom stereocenters. The van der Waals surface area contributed by atoms with Gasteiger partial charge in [-0.15, -0.1) is 11.3 Å². The smallest absolute Gasteiger partial charge is 0.124 e. The summed E-state index contributed by atoms with van der Waals surface area (Å²) in [5.41, 5.74) is 0.943. The summed E-state index contributed by atoms with van der Waals surface area (Å²) in [5.74, 6) is 0.590. The predicted molar refractivity (Wildman–Crippen MR) is 76.0 cm³/mol. The standard InChI is InChI=1S/C15H17FN2S/c16-10-1-4-13-14(8-10)19-15(18-13)7-9-5-11-2-3-12(6-9)17-11/h1,4,8-9,11-12,17H,2-3,5-7H2. The van der Waals surface area contributed by atoms with E-state index in [0.29, 0.717) is 0 Å². The van der Waals surface area contributed by atoms with Crippen molar-refractivity contribution in [2.75, 3.05) is 0 Å². The minimum atomic E-state index is -0.164. The van der Waals surface area contributed by atoms with Gasteiger partial charge in [-0.1, -0.05) is 0 Å². The predicted octanol–water partition coefficient (Wildman–Crippen LogP) is 3.51. The molecule has 4 heteroatoms. The van der Waals surface area contributed by atoms with Gasteiger partial charge in [0.05, 0.1) is 15.2 Å². The monoisotopic (exact) mass is 276 g/mol. The first-order chi connectivity index (χ1) is 9.26. The molecule has 2 unspecified atom stereocenters. The summed E-state index contributed by atoms with van der Waals surface area (Å²) in [6, 6.07) is 6.35. The first-order valence-corrected chi connectivity index (χ1v) is 7.89. The van der Waals surface area contributed by atoms with Crippen LogP contribution in [-0.4, -0.2) is 17.1 Å². The van der Waals surface area contributed by atoms with E-state index in [1.54, 1.807) is 23.5 Å². The van der Waals surface area contributed by atoms with Gasteiger partial charge >= 0.3 is 0 Å². The van der Waals surface area contributed by atoms with Gasteiger partial charge < -0.3 is 5.32 Å². The maximum atomic E-state index is 13.2. The molecule has 0 radical (unpaired) electrons. The van der Waals surface area contributed by atoms with E-state index in [-0.39, 0.29) is 5.82 Å². The summed E-state index contributed by atoms with van der Waals surface area (Å²) >= 11 is 1.66. The van der Waals surface area contributed by atoms with Crippen LogP contribution in [0.1, 0.15) is 30.7 Å². The number of piperidine rings is 1. The Labute approximate surface area is 116 Å². The quantitative estimate of drug-likeness (QED) is 0.908. The third-order valence-corrected chi connectivity index (χ3v) is 5.47. The summed E-state index contributed by atoms with van der Waals surface area (Å²) in [6.45, 7) is 0. The fourth-order valence-electron chi connectivity index (χ4n) is 3.62.